The van der Waals surface area contributed by atoms with Gasteiger partial charge < -0.3 is 25.1 Å². The second-order valence-corrected chi connectivity index (χ2v) is 2.95. The van der Waals surface area contributed by atoms with Crippen molar-refractivity contribution in [3.05, 3.63) is 17.7 Å². The van der Waals surface area contributed by atoms with Gasteiger partial charge in [0, 0.05) is 24.1 Å². The third-order valence-electron chi connectivity index (χ3n) is 1.98. The van der Waals surface area contributed by atoms with Crippen LogP contribution in [0.25, 0.3) is 0 Å². The molecular formula is C10H12NO4-. The first-order chi connectivity index (χ1) is 7.08. The Hall–Kier alpha value is -1.91. The van der Waals surface area contributed by atoms with Crippen LogP contribution in [0.5, 0.6) is 11.5 Å². The van der Waals surface area contributed by atoms with E-state index in [1.807, 2.05) is 0 Å². The molecule has 0 aliphatic heterocycles. The van der Waals surface area contributed by atoms with Crippen molar-refractivity contribution >= 4 is 11.7 Å². The Morgan fingerprint density at radius 3 is 2.33 bits per heavy atom. The fourth-order valence-electron chi connectivity index (χ4n) is 1.25. The van der Waals surface area contributed by atoms with E-state index in [-0.39, 0.29) is 6.42 Å². The predicted octanol–water partition coefficient (Wildman–Crippen LogP) is -0.422. The minimum absolute atomic E-state index is 0.244. The lowest BCUT2D eigenvalue weighted by Crippen LogP contribution is -2.24. The molecule has 1 rings (SSSR count). The van der Waals surface area contributed by atoms with E-state index in [1.165, 1.54) is 26.4 Å². The summed E-state index contributed by atoms with van der Waals surface area (Å²) in [5.74, 6) is -0.269. The van der Waals surface area contributed by atoms with Gasteiger partial charge in [0.1, 0.15) is 0 Å². The summed E-state index contributed by atoms with van der Waals surface area (Å²) in [4.78, 5) is 10.4. The Morgan fingerprint density at radius 1 is 1.33 bits per heavy atom. The molecule has 1 aromatic carbocycles. The number of nitrogen functional groups attached to an aromatic ring is 1. The van der Waals surface area contributed by atoms with Crippen LogP contribution in [0, 0.1) is 0 Å². The lowest BCUT2D eigenvalue weighted by atomic mass is 10.1. The maximum atomic E-state index is 10.4. The zero-order chi connectivity index (χ0) is 11.4. The quantitative estimate of drug-likeness (QED) is 0.682. The second-order valence-electron chi connectivity index (χ2n) is 2.95. The van der Waals surface area contributed by atoms with Crippen molar-refractivity contribution in [2.75, 3.05) is 20.0 Å². The van der Waals surface area contributed by atoms with E-state index in [9.17, 15) is 9.90 Å². The van der Waals surface area contributed by atoms with E-state index in [1.54, 1.807) is 0 Å². The molecule has 0 aliphatic carbocycles. The Labute approximate surface area is 87.4 Å². The van der Waals surface area contributed by atoms with Crippen molar-refractivity contribution in [3.8, 4) is 11.5 Å². The Balaban J connectivity index is 3.13. The molecular weight excluding hydrogens is 198 g/mol. The summed E-state index contributed by atoms with van der Waals surface area (Å²) in [7, 11) is 2.95. The number of carboxylic acids is 1. The molecule has 1 aromatic rings. The molecule has 0 spiro atoms. The monoisotopic (exact) mass is 210 g/mol. The maximum Gasteiger partial charge on any atom is 0.162 e. The fourth-order valence-corrected chi connectivity index (χ4v) is 1.25. The van der Waals surface area contributed by atoms with Crippen molar-refractivity contribution in [1.82, 2.24) is 0 Å². The topological polar surface area (TPSA) is 84.6 Å². The van der Waals surface area contributed by atoms with Gasteiger partial charge in [0.2, 0.25) is 0 Å². The molecule has 0 bridgehead atoms. The summed E-state index contributed by atoms with van der Waals surface area (Å²) in [5, 5.41) is 10.4. The van der Waals surface area contributed by atoms with Crippen LogP contribution in [-0.2, 0) is 11.2 Å². The molecule has 0 saturated heterocycles. The first-order valence-electron chi connectivity index (χ1n) is 4.28. The third kappa shape index (κ3) is 2.52. The number of anilines is 1. The molecule has 0 heterocycles. The first-order valence-corrected chi connectivity index (χ1v) is 4.28. The number of carbonyl (C=O) groups excluding carboxylic acids is 1. The lowest BCUT2D eigenvalue weighted by molar-refractivity contribution is -0.304. The van der Waals surface area contributed by atoms with Gasteiger partial charge >= 0.3 is 0 Å². The van der Waals surface area contributed by atoms with Crippen LogP contribution in [0.1, 0.15) is 5.56 Å². The number of rotatable bonds is 4. The number of benzene rings is 1. The van der Waals surface area contributed by atoms with Crippen LogP contribution in [0.15, 0.2) is 12.1 Å². The molecule has 0 aromatic heterocycles. The van der Waals surface area contributed by atoms with Gasteiger partial charge in [0.25, 0.3) is 0 Å². The van der Waals surface area contributed by atoms with Gasteiger partial charge in [0.05, 0.1) is 14.2 Å². The Kier molecular flexibility index (Phi) is 3.38. The largest absolute Gasteiger partial charge is 0.550 e. The van der Waals surface area contributed by atoms with Crippen molar-refractivity contribution in [1.29, 1.82) is 0 Å². The zero-order valence-electron chi connectivity index (χ0n) is 8.57. The molecule has 15 heavy (non-hydrogen) atoms. The van der Waals surface area contributed by atoms with Gasteiger partial charge in [-0.3, -0.25) is 0 Å². The van der Waals surface area contributed by atoms with Crippen molar-refractivity contribution in [3.63, 3.8) is 0 Å². The number of carboxylic acid groups (broad SMARTS) is 1. The molecule has 0 saturated carbocycles. The van der Waals surface area contributed by atoms with E-state index in [2.05, 4.69) is 0 Å². The van der Waals surface area contributed by atoms with Gasteiger partial charge in [0.15, 0.2) is 11.5 Å². The van der Waals surface area contributed by atoms with Gasteiger partial charge in [-0.1, -0.05) is 0 Å². The Morgan fingerprint density at radius 2 is 1.87 bits per heavy atom. The van der Waals surface area contributed by atoms with E-state index < -0.39 is 5.97 Å². The van der Waals surface area contributed by atoms with Crippen molar-refractivity contribution in [2.24, 2.45) is 0 Å². The molecule has 0 unspecified atom stereocenters. The highest BCUT2D eigenvalue weighted by atomic mass is 16.5. The summed E-state index contributed by atoms with van der Waals surface area (Å²) >= 11 is 0. The molecule has 0 radical (unpaired) electrons. The highest BCUT2D eigenvalue weighted by molar-refractivity contribution is 5.72. The third-order valence-corrected chi connectivity index (χ3v) is 1.98. The molecule has 0 aliphatic rings. The van der Waals surface area contributed by atoms with Gasteiger partial charge in [-0.15, -0.1) is 0 Å². The molecule has 5 heteroatoms. The van der Waals surface area contributed by atoms with E-state index >= 15 is 0 Å². The fraction of sp³-hybridized carbons (Fsp3) is 0.300. The van der Waals surface area contributed by atoms with Crippen LogP contribution in [-0.4, -0.2) is 20.2 Å². The maximum absolute atomic E-state index is 10.4. The number of aliphatic carboxylic acids is 1. The van der Waals surface area contributed by atoms with Crippen molar-refractivity contribution < 1.29 is 19.4 Å². The molecule has 2 N–H and O–H groups in total. The summed E-state index contributed by atoms with van der Waals surface area (Å²) in [6, 6.07) is 3.06. The standard InChI is InChI=1S/C10H13NO4/c1-14-8-3-6(4-10(12)13)7(11)5-9(8)15-2/h3,5H,4,11H2,1-2H3,(H,12,13)/p-1. The molecule has 0 amide bonds. The predicted molar refractivity (Wildman–Crippen MR) is 52.7 cm³/mol. The minimum atomic E-state index is -1.19. The normalized spacial score (nSPS) is 9.73. The van der Waals surface area contributed by atoms with Crippen LogP contribution in [0.3, 0.4) is 0 Å². The van der Waals surface area contributed by atoms with E-state index in [4.69, 9.17) is 15.2 Å². The highest BCUT2D eigenvalue weighted by Gasteiger charge is 2.08. The number of methoxy groups -OCH3 is 2. The summed E-state index contributed by atoms with van der Waals surface area (Å²) in [6.07, 6.45) is -0.244. The van der Waals surface area contributed by atoms with E-state index in [0.717, 1.165) is 0 Å². The zero-order valence-corrected chi connectivity index (χ0v) is 8.57. The van der Waals surface area contributed by atoms with E-state index in [0.29, 0.717) is 22.7 Å². The van der Waals surface area contributed by atoms with Crippen molar-refractivity contribution in [2.45, 2.75) is 6.42 Å². The van der Waals surface area contributed by atoms with Crippen LogP contribution in [0.4, 0.5) is 5.69 Å². The second kappa shape index (κ2) is 4.54. The molecule has 0 atom stereocenters. The molecule has 5 nitrogen and oxygen atoms in total. The number of ether oxygens (including phenoxy) is 2. The number of carbonyl (C=O) groups is 1. The first kappa shape index (κ1) is 11.2. The van der Waals surface area contributed by atoms with Crippen LogP contribution in [0.2, 0.25) is 0 Å². The van der Waals surface area contributed by atoms with Crippen LogP contribution < -0.4 is 20.3 Å². The van der Waals surface area contributed by atoms with Gasteiger partial charge in [-0.05, 0) is 11.6 Å². The number of hydrogen-bond donors (Lipinski definition) is 1. The van der Waals surface area contributed by atoms with Crippen LogP contribution >= 0.6 is 0 Å². The SMILES string of the molecule is COc1cc(N)c(CC(=O)[O-])cc1OC. The van der Waals surface area contributed by atoms with Gasteiger partial charge in [-0.25, -0.2) is 0 Å². The lowest BCUT2D eigenvalue weighted by Gasteiger charge is -2.12. The number of hydrogen-bond acceptors (Lipinski definition) is 5. The summed E-state index contributed by atoms with van der Waals surface area (Å²) in [6.45, 7) is 0. The number of nitrogens with two attached hydrogens (primary N) is 1. The Bertz CT molecular complexity index is 376. The smallest absolute Gasteiger partial charge is 0.162 e. The average Bonchev–Trinajstić information content (AvgIpc) is 2.19. The average molecular weight is 210 g/mol. The minimum Gasteiger partial charge on any atom is -0.550 e. The highest BCUT2D eigenvalue weighted by Crippen LogP contribution is 2.31. The summed E-state index contributed by atoms with van der Waals surface area (Å²) in [5.41, 5.74) is 6.44. The molecule has 82 valence electrons. The van der Waals surface area contributed by atoms with Gasteiger partial charge in [-0.2, -0.15) is 0 Å². The molecule has 0 fully saturated rings. The summed E-state index contributed by atoms with van der Waals surface area (Å²) < 4.78 is 10.0.